The number of hydrogen-bond donors (Lipinski definition) is 2. The Morgan fingerprint density at radius 3 is 1.70 bits per heavy atom. The van der Waals surface area contributed by atoms with Crippen molar-refractivity contribution in [1.82, 2.24) is 25.4 Å². The van der Waals surface area contributed by atoms with E-state index in [1.54, 1.807) is 42.9 Å². The number of H-pyrrole nitrogens is 2. The molecule has 0 radical (unpaired) electrons. The zero-order valence-electron chi connectivity index (χ0n) is 15.6. The molecule has 3 heterocycles. The molecule has 0 atom stereocenters. The zero-order chi connectivity index (χ0) is 20.5. The van der Waals surface area contributed by atoms with Gasteiger partial charge in [-0.1, -0.05) is 6.07 Å². The van der Waals surface area contributed by atoms with E-state index in [1.165, 1.54) is 24.3 Å². The Balaban J connectivity index is 1.65. The Morgan fingerprint density at radius 2 is 1.10 bits per heavy atom. The molecular formula is C23H15F2N5. The second-order valence-corrected chi connectivity index (χ2v) is 6.71. The topological polar surface area (TPSA) is 70.2 Å². The van der Waals surface area contributed by atoms with E-state index in [-0.39, 0.29) is 11.6 Å². The number of nitrogens with one attached hydrogen (secondary N) is 2. The average Bonchev–Trinajstić information content (AvgIpc) is 3.45. The largest absolute Gasteiger partial charge is 0.284 e. The SMILES string of the molecule is Fc1ccc(-c2n[nH]cc2-c2cccnc2-c2c[nH]nc2-c2ccc(F)cc2)cc1. The van der Waals surface area contributed by atoms with Crippen LogP contribution in [0.5, 0.6) is 0 Å². The summed E-state index contributed by atoms with van der Waals surface area (Å²) < 4.78 is 26.7. The van der Waals surface area contributed by atoms with Crippen LogP contribution in [0, 0.1) is 11.6 Å². The minimum absolute atomic E-state index is 0.305. The first-order valence-corrected chi connectivity index (χ1v) is 9.26. The Labute approximate surface area is 170 Å². The van der Waals surface area contributed by atoms with Crippen LogP contribution < -0.4 is 0 Å². The summed E-state index contributed by atoms with van der Waals surface area (Å²) in [7, 11) is 0. The van der Waals surface area contributed by atoms with Gasteiger partial charge in [-0.25, -0.2) is 8.78 Å². The molecule has 2 aromatic carbocycles. The number of benzene rings is 2. The summed E-state index contributed by atoms with van der Waals surface area (Å²) in [5.41, 5.74) is 6.08. The Kier molecular flexibility index (Phi) is 4.40. The molecule has 0 fully saturated rings. The van der Waals surface area contributed by atoms with Crippen molar-refractivity contribution in [2.24, 2.45) is 0 Å². The first-order chi connectivity index (χ1) is 14.7. The molecule has 0 spiro atoms. The molecule has 3 aromatic heterocycles. The lowest BCUT2D eigenvalue weighted by atomic mass is 9.96. The summed E-state index contributed by atoms with van der Waals surface area (Å²) >= 11 is 0. The van der Waals surface area contributed by atoms with Crippen LogP contribution in [0.3, 0.4) is 0 Å². The predicted octanol–water partition coefficient (Wildman–Crippen LogP) is 5.47. The van der Waals surface area contributed by atoms with Crippen LogP contribution >= 0.6 is 0 Å². The van der Waals surface area contributed by atoms with Gasteiger partial charge in [-0.15, -0.1) is 0 Å². The van der Waals surface area contributed by atoms with Crippen LogP contribution in [0.15, 0.2) is 79.3 Å². The van der Waals surface area contributed by atoms with Crippen LogP contribution in [0.4, 0.5) is 8.78 Å². The molecule has 2 N–H and O–H groups in total. The molecular weight excluding hydrogens is 384 g/mol. The summed E-state index contributed by atoms with van der Waals surface area (Å²) in [6, 6.07) is 16.1. The van der Waals surface area contributed by atoms with E-state index in [0.717, 1.165) is 27.8 Å². The lowest BCUT2D eigenvalue weighted by molar-refractivity contribution is 0.627. The van der Waals surface area contributed by atoms with E-state index < -0.39 is 0 Å². The van der Waals surface area contributed by atoms with E-state index in [9.17, 15) is 8.78 Å². The van der Waals surface area contributed by atoms with Crippen molar-refractivity contribution in [2.75, 3.05) is 0 Å². The smallest absolute Gasteiger partial charge is 0.123 e. The highest BCUT2D eigenvalue weighted by Crippen LogP contribution is 2.38. The van der Waals surface area contributed by atoms with Crippen LogP contribution in [-0.2, 0) is 0 Å². The average molecular weight is 399 g/mol. The lowest BCUT2D eigenvalue weighted by Crippen LogP contribution is -1.91. The normalized spacial score (nSPS) is 11.0. The monoisotopic (exact) mass is 399 g/mol. The van der Waals surface area contributed by atoms with E-state index in [4.69, 9.17) is 0 Å². The van der Waals surface area contributed by atoms with E-state index in [0.29, 0.717) is 17.1 Å². The second kappa shape index (κ2) is 7.36. The molecule has 0 bridgehead atoms. The maximum atomic E-state index is 13.4. The first-order valence-electron chi connectivity index (χ1n) is 9.26. The Morgan fingerprint density at radius 1 is 0.567 bits per heavy atom. The van der Waals surface area contributed by atoms with Crippen LogP contribution in [0.2, 0.25) is 0 Å². The fourth-order valence-corrected chi connectivity index (χ4v) is 3.46. The summed E-state index contributed by atoms with van der Waals surface area (Å²) in [5, 5.41) is 14.5. The molecule has 30 heavy (non-hydrogen) atoms. The third kappa shape index (κ3) is 3.16. The maximum absolute atomic E-state index is 13.4. The summed E-state index contributed by atoms with van der Waals surface area (Å²) in [6.45, 7) is 0. The molecule has 5 nitrogen and oxygen atoms in total. The van der Waals surface area contributed by atoms with E-state index in [2.05, 4.69) is 25.4 Å². The molecule has 7 heteroatoms. The molecule has 0 aliphatic rings. The van der Waals surface area contributed by atoms with Crippen molar-refractivity contribution in [3.8, 4) is 44.9 Å². The van der Waals surface area contributed by atoms with Crippen molar-refractivity contribution in [2.45, 2.75) is 0 Å². The van der Waals surface area contributed by atoms with Gasteiger partial charge in [0.15, 0.2) is 0 Å². The first kappa shape index (κ1) is 17.9. The highest BCUT2D eigenvalue weighted by atomic mass is 19.1. The van der Waals surface area contributed by atoms with Crippen molar-refractivity contribution >= 4 is 0 Å². The number of pyridine rings is 1. The van der Waals surface area contributed by atoms with Gasteiger partial charge in [-0.3, -0.25) is 15.2 Å². The van der Waals surface area contributed by atoms with Crippen molar-refractivity contribution in [1.29, 1.82) is 0 Å². The number of nitrogens with zero attached hydrogens (tertiary/aromatic N) is 3. The summed E-state index contributed by atoms with van der Waals surface area (Å²) in [5.74, 6) is -0.614. The second-order valence-electron chi connectivity index (χ2n) is 6.71. The predicted molar refractivity (Wildman–Crippen MR) is 110 cm³/mol. The van der Waals surface area contributed by atoms with Crippen molar-refractivity contribution in [3.05, 3.63) is 90.9 Å². The van der Waals surface area contributed by atoms with Gasteiger partial charge >= 0.3 is 0 Å². The molecule has 0 saturated carbocycles. The van der Waals surface area contributed by atoms with Gasteiger partial charge in [0.05, 0.1) is 11.4 Å². The van der Waals surface area contributed by atoms with Gasteiger partial charge in [0.1, 0.15) is 17.3 Å². The van der Waals surface area contributed by atoms with E-state index >= 15 is 0 Å². The van der Waals surface area contributed by atoms with Gasteiger partial charge in [-0.05, 0) is 54.6 Å². The standard InChI is InChI=1S/C23H15F2N5/c24-16-7-3-14(4-8-16)21-19(12-27-29-21)18-2-1-11-26-23(18)20-13-28-30-22(20)15-5-9-17(25)10-6-15/h1-13H,(H,27,29)(H,28,30). The zero-order valence-corrected chi connectivity index (χ0v) is 15.6. The molecule has 0 saturated heterocycles. The summed E-state index contributed by atoms with van der Waals surface area (Å²) in [6.07, 6.45) is 5.26. The number of aromatic amines is 2. The van der Waals surface area contributed by atoms with Gasteiger partial charge in [0.2, 0.25) is 0 Å². The van der Waals surface area contributed by atoms with Gasteiger partial charge in [0, 0.05) is 46.4 Å². The number of halogens is 2. The highest BCUT2D eigenvalue weighted by Gasteiger charge is 2.19. The van der Waals surface area contributed by atoms with Crippen LogP contribution in [0.25, 0.3) is 44.9 Å². The minimum atomic E-state index is -0.309. The van der Waals surface area contributed by atoms with E-state index in [1.807, 2.05) is 12.1 Å². The van der Waals surface area contributed by atoms with Gasteiger partial charge < -0.3 is 0 Å². The maximum Gasteiger partial charge on any atom is 0.123 e. The van der Waals surface area contributed by atoms with Crippen LogP contribution in [0.1, 0.15) is 0 Å². The van der Waals surface area contributed by atoms with Gasteiger partial charge in [0.25, 0.3) is 0 Å². The lowest BCUT2D eigenvalue weighted by Gasteiger charge is -2.09. The highest BCUT2D eigenvalue weighted by molar-refractivity contribution is 5.91. The van der Waals surface area contributed by atoms with Gasteiger partial charge in [-0.2, -0.15) is 10.2 Å². The van der Waals surface area contributed by atoms with Crippen molar-refractivity contribution < 1.29 is 8.78 Å². The number of hydrogen-bond acceptors (Lipinski definition) is 3. The Bertz CT molecular complexity index is 1200. The fourth-order valence-electron chi connectivity index (χ4n) is 3.46. The third-order valence-electron chi connectivity index (χ3n) is 4.87. The Hall–Kier alpha value is -4.13. The molecule has 0 aliphatic carbocycles. The number of aromatic nitrogens is 5. The minimum Gasteiger partial charge on any atom is -0.284 e. The molecule has 5 aromatic rings. The number of rotatable bonds is 4. The quantitative estimate of drug-likeness (QED) is 0.421. The molecule has 146 valence electrons. The molecule has 0 amide bonds. The molecule has 0 unspecified atom stereocenters. The summed E-state index contributed by atoms with van der Waals surface area (Å²) in [4.78, 5) is 4.59. The van der Waals surface area contributed by atoms with Crippen molar-refractivity contribution in [3.63, 3.8) is 0 Å². The fraction of sp³-hybridized carbons (Fsp3) is 0. The molecule has 5 rings (SSSR count). The van der Waals surface area contributed by atoms with Crippen LogP contribution in [-0.4, -0.2) is 25.4 Å². The third-order valence-corrected chi connectivity index (χ3v) is 4.87. The molecule has 0 aliphatic heterocycles.